The molecule has 4 atom stereocenters. The molecule has 0 spiro atoms. The van der Waals surface area contributed by atoms with Crippen LogP contribution in [0.2, 0.25) is 0 Å². The van der Waals surface area contributed by atoms with E-state index in [1.54, 1.807) is 0 Å². The Kier molecular flexibility index (Phi) is 51.5. The van der Waals surface area contributed by atoms with Gasteiger partial charge in [-0.25, -0.2) is 4.79 Å². The van der Waals surface area contributed by atoms with Crippen LogP contribution >= 0.6 is 0 Å². The summed E-state index contributed by atoms with van der Waals surface area (Å²) in [5.41, 5.74) is 0. The van der Waals surface area contributed by atoms with E-state index in [1.165, 1.54) is 0 Å². The monoisotopic (exact) mass is 1330 g/mol. The van der Waals surface area contributed by atoms with Crippen LogP contribution in [-0.4, -0.2) is 67.6 Å². The number of aliphatic hydroxyl groups excluding tert-OH is 5. The van der Waals surface area contributed by atoms with Crippen molar-refractivity contribution in [3.8, 4) is 0 Å². The SMILES string of the molecule is O=C(O)C(O)C(O)C(O)C(O)CO.[Ac].[Ac].[Ac].[Ac].[Ac]. The number of carboxylic acid groups (broad SMARTS) is 1. The first kappa shape index (κ1) is 39.5. The average molecular weight is 1330 g/mol. The fourth-order valence-electron chi connectivity index (χ4n) is 0.668. The number of carbonyl (C=O) groups is 1. The summed E-state index contributed by atoms with van der Waals surface area (Å²) < 4.78 is 0. The van der Waals surface area contributed by atoms with Gasteiger partial charge in [0.1, 0.15) is 18.3 Å². The Balaban J connectivity index is -0.0000000720. The van der Waals surface area contributed by atoms with Crippen LogP contribution in [0.25, 0.3) is 0 Å². The summed E-state index contributed by atoms with van der Waals surface area (Å²) in [6.07, 6.45) is -7.84. The molecule has 0 aliphatic carbocycles. The first-order valence-electron chi connectivity index (χ1n) is 3.47. The summed E-state index contributed by atoms with van der Waals surface area (Å²) in [5, 5.41) is 51.8. The minimum atomic E-state index is -2.20. The van der Waals surface area contributed by atoms with E-state index >= 15 is 0 Å². The zero-order valence-corrected chi connectivity index (χ0v) is 33.2. The number of hydrogen-bond acceptors (Lipinski definition) is 6. The van der Waals surface area contributed by atoms with Gasteiger partial charge < -0.3 is 30.6 Å². The van der Waals surface area contributed by atoms with Crippen LogP contribution in [-0.2, 0) is 4.79 Å². The quantitative estimate of drug-likeness (QED) is 0.168. The summed E-state index contributed by atoms with van der Waals surface area (Å²) in [6.45, 7) is -0.843. The van der Waals surface area contributed by atoms with Gasteiger partial charge in [-0.05, 0) is 0 Å². The molecule has 0 heterocycles. The smallest absolute Gasteiger partial charge is 0.335 e. The first-order valence-corrected chi connectivity index (χ1v) is 3.47. The second-order valence-electron chi connectivity index (χ2n) is 2.51. The maximum absolute atomic E-state index is 10.1. The van der Waals surface area contributed by atoms with Crippen LogP contribution in [0.15, 0.2) is 0 Å². The van der Waals surface area contributed by atoms with E-state index in [-0.39, 0.29) is 220 Å². The molecule has 0 aliphatic rings. The summed E-state index contributed by atoms with van der Waals surface area (Å²) in [4.78, 5) is 10.1. The van der Waals surface area contributed by atoms with E-state index in [9.17, 15) is 4.79 Å². The Bertz CT molecular complexity index is 186. The average Bonchev–Trinajstić information content (AvgIpc) is 2.12. The molecule has 18 heavy (non-hydrogen) atoms. The molecule has 0 aliphatic heterocycles. The van der Waals surface area contributed by atoms with Crippen LogP contribution in [0.3, 0.4) is 0 Å². The van der Waals surface area contributed by atoms with Crippen molar-refractivity contribution in [2.45, 2.75) is 24.4 Å². The summed E-state index contributed by atoms with van der Waals surface area (Å²) >= 11 is 0. The minimum absolute atomic E-state index is 0. The predicted octanol–water partition coefficient (Wildman–Crippen LogP) is -3.49. The van der Waals surface area contributed by atoms with E-state index in [4.69, 9.17) is 30.6 Å². The molecule has 5 radical (unpaired) electrons. The van der Waals surface area contributed by atoms with Crippen molar-refractivity contribution in [2.24, 2.45) is 0 Å². The van der Waals surface area contributed by atoms with Crippen molar-refractivity contribution in [1.29, 1.82) is 0 Å². The van der Waals surface area contributed by atoms with Gasteiger partial charge in [0.15, 0.2) is 6.10 Å². The maximum Gasteiger partial charge on any atom is 0.335 e. The van der Waals surface area contributed by atoms with Crippen molar-refractivity contribution in [1.82, 2.24) is 0 Å². The Morgan fingerprint density at radius 2 is 1.17 bits per heavy atom. The molecule has 0 fully saturated rings. The van der Waals surface area contributed by atoms with E-state index in [1.807, 2.05) is 0 Å². The zero-order chi connectivity index (χ0) is 10.6. The van der Waals surface area contributed by atoms with Crippen molar-refractivity contribution >= 4 is 5.97 Å². The van der Waals surface area contributed by atoms with Gasteiger partial charge in [0.2, 0.25) is 0 Å². The number of carboxylic acids is 1. The normalized spacial score (nSPS) is 14.7. The van der Waals surface area contributed by atoms with Gasteiger partial charge >= 0.3 is 5.97 Å². The molecule has 0 rings (SSSR count). The van der Waals surface area contributed by atoms with E-state index in [0.717, 1.165) is 0 Å². The van der Waals surface area contributed by atoms with Gasteiger partial charge in [-0.1, -0.05) is 0 Å². The first-order chi connectivity index (χ1) is 5.91. The molecule has 0 aromatic rings. The number of aliphatic hydroxyl groups is 5. The van der Waals surface area contributed by atoms with Crippen LogP contribution in [0.5, 0.6) is 0 Å². The van der Waals surface area contributed by atoms with E-state index in [0.29, 0.717) is 0 Å². The van der Waals surface area contributed by atoms with Gasteiger partial charge in [-0.3, -0.25) is 0 Å². The van der Waals surface area contributed by atoms with Crippen LogP contribution in [0.4, 0.5) is 0 Å². The molecular weight excluding hydrogens is 1320 g/mol. The third-order valence-electron chi connectivity index (χ3n) is 1.51. The molecule has 4 unspecified atom stereocenters. The van der Waals surface area contributed by atoms with Gasteiger partial charge in [0.25, 0.3) is 0 Å². The third-order valence-corrected chi connectivity index (χ3v) is 1.51. The Morgan fingerprint density at radius 3 is 1.39 bits per heavy atom. The second-order valence-corrected chi connectivity index (χ2v) is 2.51. The van der Waals surface area contributed by atoms with Gasteiger partial charge in [-0.2, -0.15) is 0 Å². The molecule has 0 aromatic heterocycles. The maximum atomic E-state index is 10.1. The molecule has 7 nitrogen and oxygen atoms in total. The van der Waals surface area contributed by atoms with Crippen LogP contribution in [0, 0.1) is 220 Å². The summed E-state index contributed by atoms with van der Waals surface area (Å²) in [5.74, 6) is -1.73. The zero-order valence-electron chi connectivity index (χ0n) is 9.49. The molecule has 93 valence electrons. The number of aliphatic carboxylic acids is 1. The van der Waals surface area contributed by atoms with Gasteiger partial charge in [0, 0.05) is 220 Å². The Hall–Kier alpha value is 6.48. The van der Waals surface area contributed by atoms with Crippen molar-refractivity contribution in [3.05, 3.63) is 0 Å². The van der Waals surface area contributed by atoms with Gasteiger partial charge in [0.05, 0.1) is 6.61 Å². The Labute approximate surface area is 284 Å². The standard InChI is InChI=1S/C6H12O7.5Ac/c7-1-2(8)3(9)4(10)5(11)6(12)13;;;;;/h2-5,7-11H,1H2,(H,12,13);;;;;. The topological polar surface area (TPSA) is 138 Å². The van der Waals surface area contributed by atoms with Crippen LogP contribution < -0.4 is 0 Å². The van der Waals surface area contributed by atoms with Crippen molar-refractivity contribution < 1.29 is 256 Å². The predicted molar refractivity (Wildman–Crippen MR) is 38.7 cm³/mol. The number of rotatable bonds is 5. The molecule has 0 aromatic carbocycles. The Morgan fingerprint density at radius 1 is 0.833 bits per heavy atom. The molecular formula is C6H12Ac5O7. The van der Waals surface area contributed by atoms with Crippen molar-refractivity contribution in [3.63, 3.8) is 0 Å². The second kappa shape index (κ2) is 23.5. The van der Waals surface area contributed by atoms with E-state index in [2.05, 4.69) is 0 Å². The fourth-order valence-corrected chi connectivity index (χ4v) is 0.668. The molecule has 0 bridgehead atoms. The molecule has 12 heteroatoms. The third kappa shape index (κ3) is 17.3. The summed E-state index contributed by atoms with van der Waals surface area (Å²) in [7, 11) is 0. The van der Waals surface area contributed by atoms with Crippen LogP contribution in [0.1, 0.15) is 0 Å². The van der Waals surface area contributed by atoms with E-state index < -0.39 is 37.0 Å². The fraction of sp³-hybridized carbons (Fsp3) is 0.833. The largest absolute Gasteiger partial charge is 0.479 e. The molecule has 6 N–H and O–H groups in total. The van der Waals surface area contributed by atoms with Gasteiger partial charge in [-0.15, -0.1) is 0 Å². The molecule has 0 saturated carbocycles. The minimum Gasteiger partial charge on any atom is -0.479 e. The molecule has 0 saturated heterocycles. The summed E-state index contributed by atoms with van der Waals surface area (Å²) in [6, 6.07) is 0. The number of hydrogen-bond donors (Lipinski definition) is 6. The molecule has 0 amide bonds. The van der Waals surface area contributed by atoms with Crippen molar-refractivity contribution in [2.75, 3.05) is 6.61 Å².